The maximum absolute atomic E-state index is 11.7. The molecular weight excluding hydrogens is 262 g/mol. The Kier molecular flexibility index (Phi) is 3.60. The zero-order valence-electron chi connectivity index (χ0n) is 10.8. The van der Waals surface area contributed by atoms with Gasteiger partial charge in [-0.1, -0.05) is 24.3 Å². The predicted octanol–water partition coefficient (Wildman–Crippen LogP) is 1.42. The molecule has 4 nitrogen and oxygen atoms in total. The van der Waals surface area contributed by atoms with E-state index in [0.29, 0.717) is 19.0 Å². The lowest BCUT2D eigenvalue weighted by Crippen LogP contribution is -2.44. The summed E-state index contributed by atoms with van der Waals surface area (Å²) in [6.45, 7) is 1.27. The van der Waals surface area contributed by atoms with Crippen LogP contribution in [0.1, 0.15) is 30.0 Å². The monoisotopic (exact) mass is 281 g/mol. The van der Waals surface area contributed by atoms with Crippen molar-refractivity contribution < 1.29 is 13.2 Å². The molecule has 104 valence electrons. The van der Waals surface area contributed by atoms with Gasteiger partial charge >= 0.3 is 0 Å². The highest BCUT2D eigenvalue weighted by Crippen LogP contribution is 2.26. The van der Waals surface area contributed by atoms with Crippen molar-refractivity contribution in [2.45, 2.75) is 31.5 Å². The van der Waals surface area contributed by atoms with Crippen molar-refractivity contribution in [1.29, 1.82) is 0 Å². The molecule has 2 aliphatic heterocycles. The molecule has 0 saturated carbocycles. The van der Waals surface area contributed by atoms with Gasteiger partial charge in [-0.05, 0) is 24.0 Å². The molecule has 5 heteroatoms. The topological polar surface area (TPSA) is 55.4 Å². The van der Waals surface area contributed by atoms with Crippen LogP contribution in [0.15, 0.2) is 24.3 Å². The van der Waals surface area contributed by atoms with Crippen molar-refractivity contribution in [2.24, 2.45) is 0 Å². The summed E-state index contributed by atoms with van der Waals surface area (Å²) in [6.07, 6.45) is 1.69. The molecule has 0 spiro atoms. The number of sulfone groups is 1. The summed E-state index contributed by atoms with van der Waals surface area (Å²) in [7, 11) is -2.86. The van der Waals surface area contributed by atoms with Gasteiger partial charge in [-0.2, -0.15) is 0 Å². The molecule has 1 aromatic rings. The van der Waals surface area contributed by atoms with E-state index in [1.165, 1.54) is 11.1 Å². The van der Waals surface area contributed by atoms with Gasteiger partial charge in [0, 0.05) is 6.04 Å². The summed E-state index contributed by atoms with van der Waals surface area (Å²) in [5.74, 6) is 0.592. The Morgan fingerprint density at radius 2 is 2.11 bits per heavy atom. The third kappa shape index (κ3) is 2.99. The molecule has 2 heterocycles. The van der Waals surface area contributed by atoms with Crippen LogP contribution in [0.3, 0.4) is 0 Å². The van der Waals surface area contributed by atoms with Crippen molar-refractivity contribution in [2.75, 3.05) is 18.1 Å². The highest BCUT2D eigenvalue weighted by molar-refractivity contribution is 7.91. The van der Waals surface area contributed by atoms with Crippen LogP contribution < -0.4 is 5.32 Å². The quantitative estimate of drug-likeness (QED) is 0.891. The number of ether oxygens (including phenoxy) is 1. The van der Waals surface area contributed by atoms with E-state index in [2.05, 4.69) is 17.4 Å². The third-order valence-corrected chi connectivity index (χ3v) is 5.69. The zero-order valence-corrected chi connectivity index (χ0v) is 11.7. The minimum absolute atomic E-state index is 0.0542. The lowest BCUT2D eigenvalue weighted by molar-refractivity contribution is 0.0787. The first-order chi connectivity index (χ1) is 9.14. The van der Waals surface area contributed by atoms with E-state index >= 15 is 0 Å². The molecule has 19 heavy (non-hydrogen) atoms. The second-order valence-electron chi connectivity index (χ2n) is 5.39. The van der Waals surface area contributed by atoms with Gasteiger partial charge in [0.15, 0.2) is 9.84 Å². The van der Waals surface area contributed by atoms with Gasteiger partial charge in [0.05, 0.1) is 30.8 Å². The van der Waals surface area contributed by atoms with Crippen LogP contribution in [0, 0.1) is 0 Å². The molecule has 1 saturated heterocycles. The van der Waals surface area contributed by atoms with Crippen LogP contribution >= 0.6 is 0 Å². The molecule has 3 rings (SSSR count). The molecule has 0 aromatic heterocycles. The van der Waals surface area contributed by atoms with Gasteiger partial charge in [0.25, 0.3) is 0 Å². The fourth-order valence-electron chi connectivity index (χ4n) is 2.96. The molecular formula is C14H19NO3S. The number of hydrogen-bond acceptors (Lipinski definition) is 4. The largest absolute Gasteiger partial charge is 0.375 e. The SMILES string of the molecule is O=S1(=O)CCCC(NC2COCc3ccccc32)C1. The van der Waals surface area contributed by atoms with Crippen LogP contribution in [-0.2, 0) is 21.2 Å². The van der Waals surface area contributed by atoms with Gasteiger partial charge in [0.1, 0.15) is 0 Å². The first-order valence-corrected chi connectivity index (χ1v) is 8.58. The summed E-state index contributed by atoms with van der Waals surface area (Å²) in [4.78, 5) is 0. The smallest absolute Gasteiger partial charge is 0.151 e. The second kappa shape index (κ2) is 5.23. The molecule has 0 bridgehead atoms. The van der Waals surface area contributed by atoms with E-state index in [9.17, 15) is 8.42 Å². The van der Waals surface area contributed by atoms with E-state index in [1.807, 2.05) is 12.1 Å². The summed E-state index contributed by atoms with van der Waals surface area (Å²) in [5.41, 5.74) is 2.45. The van der Waals surface area contributed by atoms with Crippen LogP contribution in [-0.4, -0.2) is 32.6 Å². The molecule has 0 aliphatic carbocycles. The number of fused-ring (bicyclic) bond motifs is 1. The molecule has 0 radical (unpaired) electrons. The van der Waals surface area contributed by atoms with Crippen LogP contribution in [0.2, 0.25) is 0 Å². The molecule has 2 atom stereocenters. The molecule has 2 unspecified atom stereocenters. The summed E-state index contributed by atoms with van der Waals surface area (Å²) >= 11 is 0. The molecule has 1 aromatic carbocycles. The summed E-state index contributed by atoms with van der Waals surface area (Å²) in [6, 6.07) is 8.38. The minimum Gasteiger partial charge on any atom is -0.375 e. The Balaban J connectivity index is 1.74. The summed E-state index contributed by atoms with van der Waals surface area (Å²) < 4.78 is 28.9. The third-order valence-electron chi connectivity index (χ3n) is 3.87. The van der Waals surface area contributed by atoms with Crippen LogP contribution in [0.4, 0.5) is 0 Å². The average Bonchev–Trinajstić information content (AvgIpc) is 2.38. The van der Waals surface area contributed by atoms with Gasteiger partial charge in [-0.3, -0.25) is 0 Å². The van der Waals surface area contributed by atoms with E-state index in [1.54, 1.807) is 0 Å². The number of hydrogen-bond donors (Lipinski definition) is 1. The van der Waals surface area contributed by atoms with Crippen molar-refractivity contribution in [3.63, 3.8) is 0 Å². The van der Waals surface area contributed by atoms with Crippen molar-refractivity contribution in [3.8, 4) is 0 Å². The first-order valence-electron chi connectivity index (χ1n) is 6.76. The Bertz CT molecular complexity index is 556. The minimum atomic E-state index is -2.86. The Labute approximate surface area is 114 Å². The van der Waals surface area contributed by atoms with E-state index in [0.717, 1.165) is 12.8 Å². The highest BCUT2D eigenvalue weighted by atomic mass is 32.2. The first kappa shape index (κ1) is 13.1. The Morgan fingerprint density at radius 3 is 2.95 bits per heavy atom. The van der Waals surface area contributed by atoms with Crippen LogP contribution in [0.5, 0.6) is 0 Å². The Hall–Kier alpha value is -0.910. The fraction of sp³-hybridized carbons (Fsp3) is 0.571. The maximum Gasteiger partial charge on any atom is 0.151 e. The van der Waals surface area contributed by atoms with E-state index in [-0.39, 0.29) is 17.8 Å². The normalized spacial score (nSPS) is 29.7. The second-order valence-corrected chi connectivity index (χ2v) is 7.62. The lowest BCUT2D eigenvalue weighted by atomic mass is 9.98. The fourth-order valence-corrected chi connectivity index (χ4v) is 4.61. The van der Waals surface area contributed by atoms with Gasteiger partial charge < -0.3 is 10.1 Å². The number of nitrogens with one attached hydrogen (secondary N) is 1. The van der Waals surface area contributed by atoms with E-state index < -0.39 is 9.84 Å². The molecule has 2 aliphatic rings. The molecule has 1 fully saturated rings. The number of rotatable bonds is 2. The maximum atomic E-state index is 11.7. The number of benzene rings is 1. The highest BCUT2D eigenvalue weighted by Gasteiger charge is 2.28. The lowest BCUT2D eigenvalue weighted by Gasteiger charge is -2.32. The van der Waals surface area contributed by atoms with Crippen molar-refractivity contribution in [1.82, 2.24) is 5.32 Å². The molecule has 1 N–H and O–H groups in total. The summed E-state index contributed by atoms with van der Waals surface area (Å²) in [5, 5.41) is 3.47. The van der Waals surface area contributed by atoms with Crippen LogP contribution in [0.25, 0.3) is 0 Å². The van der Waals surface area contributed by atoms with Gasteiger partial charge in [-0.25, -0.2) is 8.42 Å². The standard InChI is InChI=1S/C14H19NO3S/c16-19(17)7-3-5-12(10-19)15-14-9-18-8-11-4-1-2-6-13(11)14/h1-2,4,6,12,14-15H,3,5,7-10H2. The van der Waals surface area contributed by atoms with Gasteiger partial charge in [0.2, 0.25) is 0 Å². The zero-order chi connectivity index (χ0) is 13.3. The predicted molar refractivity (Wildman–Crippen MR) is 73.7 cm³/mol. The molecule has 0 amide bonds. The average molecular weight is 281 g/mol. The van der Waals surface area contributed by atoms with Crippen molar-refractivity contribution in [3.05, 3.63) is 35.4 Å². The van der Waals surface area contributed by atoms with Gasteiger partial charge in [-0.15, -0.1) is 0 Å². The Morgan fingerprint density at radius 1 is 1.26 bits per heavy atom. The van der Waals surface area contributed by atoms with E-state index in [4.69, 9.17) is 4.74 Å². The van der Waals surface area contributed by atoms with Crippen molar-refractivity contribution >= 4 is 9.84 Å².